The average Bonchev–Trinajstić information content (AvgIpc) is 2.94. The van der Waals surface area contributed by atoms with Crippen molar-refractivity contribution in [2.75, 3.05) is 11.9 Å². The Labute approximate surface area is 139 Å². The molecule has 0 unspecified atom stereocenters. The van der Waals surface area contributed by atoms with Crippen molar-refractivity contribution in [1.82, 2.24) is 4.98 Å². The van der Waals surface area contributed by atoms with Crippen LogP contribution in [0.4, 0.5) is 5.13 Å². The molecule has 1 amide bonds. The summed E-state index contributed by atoms with van der Waals surface area (Å²) in [5.41, 5.74) is 0.0856. The molecule has 4 saturated carbocycles. The van der Waals surface area contributed by atoms with E-state index in [1.54, 1.807) is 12.3 Å². The summed E-state index contributed by atoms with van der Waals surface area (Å²) in [5.74, 6) is 1.88. The Morgan fingerprint density at radius 2 is 1.87 bits per heavy atom. The lowest BCUT2D eigenvalue weighted by Gasteiger charge is -2.55. The van der Waals surface area contributed by atoms with E-state index in [0.717, 1.165) is 37.0 Å². The minimum absolute atomic E-state index is 0.112. The van der Waals surface area contributed by atoms with Gasteiger partial charge < -0.3 is 10.1 Å². The fourth-order valence-corrected chi connectivity index (χ4v) is 5.92. The zero-order valence-corrected chi connectivity index (χ0v) is 14.2. The van der Waals surface area contributed by atoms with E-state index in [4.69, 9.17) is 4.74 Å². The van der Waals surface area contributed by atoms with Crippen LogP contribution in [0.25, 0.3) is 0 Å². The molecule has 4 fully saturated rings. The van der Waals surface area contributed by atoms with Gasteiger partial charge in [-0.3, -0.25) is 4.79 Å². The second-order valence-electron chi connectivity index (χ2n) is 7.41. The number of thiazole rings is 1. The minimum atomic E-state index is -0.431. The number of nitrogens with one attached hydrogen (secondary N) is 1. The maximum Gasteiger partial charge on any atom is 0.357 e. The van der Waals surface area contributed by atoms with Gasteiger partial charge in [-0.15, -0.1) is 11.3 Å². The Bertz CT molecular complexity index is 604. The van der Waals surface area contributed by atoms with Crippen molar-refractivity contribution < 1.29 is 14.3 Å². The van der Waals surface area contributed by atoms with Gasteiger partial charge in [0.15, 0.2) is 10.8 Å². The van der Waals surface area contributed by atoms with Gasteiger partial charge in [-0.25, -0.2) is 9.78 Å². The monoisotopic (exact) mass is 334 g/mol. The fourth-order valence-electron chi connectivity index (χ4n) is 5.25. The molecule has 0 aromatic carbocycles. The van der Waals surface area contributed by atoms with Crippen LogP contribution < -0.4 is 5.32 Å². The van der Waals surface area contributed by atoms with Crippen LogP contribution in [0.3, 0.4) is 0 Å². The maximum atomic E-state index is 12.9. The highest BCUT2D eigenvalue weighted by Gasteiger charge is 2.54. The second-order valence-corrected chi connectivity index (χ2v) is 8.27. The number of hydrogen-bond donors (Lipinski definition) is 1. The van der Waals surface area contributed by atoms with Gasteiger partial charge in [0.2, 0.25) is 5.91 Å². The fraction of sp³-hybridized carbons (Fsp3) is 0.706. The molecule has 6 heteroatoms. The van der Waals surface area contributed by atoms with E-state index in [2.05, 4.69) is 10.3 Å². The van der Waals surface area contributed by atoms with E-state index in [1.807, 2.05) is 0 Å². The van der Waals surface area contributed by atoms with Gasteiger partial charge in [0.25, 0.3) is 0 Å². The lowest BCUT2D eigenvalue weighted by molar-refractivity contribution is -0.140. The predicted octanol–water partition coefficient (Wildman–Crippen LogP) is 3.47. The van der Waals surface area contributed by atoms with Gasteiger partial charge in [0, 0.05) is 5.38 Å². The molecule has 1 aromatic heterocycles. The zero-order chi connectivity index (χ0) is 16.0. The first-order chi connectivity index (χ1) is 11.1. The molecular weight excluding hydrogens is 312 g/mol. The van der Waals surface area contributed by atoms with Gasteiger partial charge in [-0.2, -0.15) is 0 Å². The summed E-state index contributed by atoms with van der Waals surface area (Å²) in [7, 11) is 0. The highest BCUT2D eigenvalue weighted by molar-refractivity contribution is 7.14. The number of anilines is 1. The number of esters is 1. The Morgan fingerprint density at radius 1 is 1.26 bits per heavy atom. The third-order valence-corrected chi connectivity index (χ3v) is 6.49. The summed E-state index contributed by atoms with van der Waals surface area (Å²) >= 11 is 1.29. The normalized spacial score (nSPS) is 34.4. The van der Waals surface area contributed by atoms with Crippen LogP contribution in [0, 0.1) is 23.2 Å². The van der Waals surface area contributed by atoms with Crippen molar-refractivity contribution >= 4 is 28.3 Å². The molecule has 0 saturated heterocycles. The van der Waals surface area contributed by atoms with Crippen LogP contribution in [0.15, 0.2) is 5.38 Å². The molecule has 5 rings (SSSR count). The standard InChI is InChI=1S/C17H22N2O3S/c1-2-22-14(20)13-9-23-16(18-13)19-15(21)17-6-10-3-11(7-17)5-12(4-10)8-17/h9-12H,2-8H2,1H3,(H,18,19,21). The smallest absolute Gasteiger partial charge is 0.357 e. The molecule has 0 aliphatic heterocycles. The molecule has 0 atom stereocenters. The molecule has 5 nitrogen and oxygen atoms in total. The molecule has 4 bridgehead atoms. The van der Waals surface area contributed by atoms with Crippen molar-refractivity contribution in [2.45, 2.75) is 45.4 Å². The third kappa shape index (κ3) is 2.67. The third-order valence-electron chi connectivity index (χ3n) is 5.73. The van der Waals surface area contributed by atoms with Crippen molar-refractivity contribution in [2.24, 2.45) is 23.2 Å². The van der Waals surface area contributed by atoms with Crippen molar-refractivity contribution in [1.29, 1.82) is 0 Å². The van der Waals surface area contributed by atoms with Gasteiger partial charge >= 0.3 is 5.97 Å². The van der Waals surface area contributed by atoms with Crippen LogP contribution in [0.5, 0.6) is 0 Å². The van der Waals surface area contributed by atoms with Crippen LogP contribution >= 0.6 is 11.3 Å². The first kappa shape index (κ1) is 15.1. The number of rotatable bonds is 4. The largest absolute Gasteiger partial charge is 0.461 e. The maximum absolute atomic E-state index is 12.9. The zero-order valence-electron chi connectivity index (χ0n) is 13.3. The van der Waals surface area contributed by atoms with E-state index in [9.17, 15) is 9.59 Å². The molecule has 1 aromatic rings. The lowest BCUT2D eigenvalue weighted by atomic mass is 9.49. The molecule has 4 aliphatic rings. The van der Waals surface area contributed by atoms with Crippen molar-refractivity contribution in [3.05, 3.63) is 11.1 Å². The summed E-state index contributed by atoms with van der Waals surface area (Å²) in [4.78, 5) is 28.8. The molecule has 0 spiro atoms. The van der Waals surface area contributed by atoms with E-state index in [1.165, 1.54) is 30.6 Å². The molecule has 124 valence electrons. The van der Waals surface area contributed by atoms with Crippen molar-refractivity contribution in [3.8, 4) is 0 Å². The number of nitrogens with zero attached hydrogens (tertiary/aromatic N) is 1. The van der Waals surface area contributed by atoms with Gasteiger partial charge in [-0.05, 0) is 63.2 Å². The number of carbonyl (C=O) groups excluding carboxylic acids is 2. The summed E-state index contributed by atoms with van der Waals surface area (Å²) in [5, 5.41) is 5.13. The van der Waals surface area contributed by atoms with Gasteiger partial charge in [0.1, 0.15) is 0 Å². The number of carbonyl (C=O) groups is 2. The number of ether oxygens (including phenoxy) is 1. The number of hydrogen-bond acceptors (Lipinski definition) is 5. The topological polar surface area (TPSA) is 68.3 Å². The van der Waals surface area contributed by atoms with E-state index in [0.29, 0.717) is 11.7 Å². The summed E-state index contributed by atoms with van der Waals surface area (Å²) in [6, 6.07) is 0. The van der Waals surface area contributed by atoms with E-state index in [-0.39, 0.29) is 17.0 Å². The van der Waals surface area contributed by atoms with E-state index >= 15 is 0 Å². The molecular formula is C17H22N2O3S. The summed E-state index contributed by atoms with van der Waals surface area (Å²) < 4.78 is 4.94. The van der Waals surface area contributed by atoms with Crippen LogP contribution in [-0.2, 0) is 9.53 Å². The van der Waals surface area contributed by atoms with Crippen LogP contribution in [0.2, 0.25) is 0 Å². The summed E-state index contributed by atoms with van der Waals surface area (Å²) in [6.45, 7) is 2.09. The van der Waals surface area contributed by atoms with Gasteiger partial charge in [-0.1, -0.05) is 0 Å². The minimum Gasteiger partial charge on any atom is -0.461 e. The molecule has 1 N–H and O–H groups in total. The Morgan fingerprint density at radius 3 is 2.43 bits per heavy atom. The van der Waals surface area contributed by atoms with Crippen molar-refractivity contribution in [3.63, 3.8) is 0 Å². The first-order valence-electron chi connectivity index (χ1n) is 8.52. The number of amides is 1. The quantitative estimate of drug-likeness (QED) is 0.856. The first-order valence-corrected chi connectivity index (χ1v) is 9.40. The Balaban J connectivity index is 1.47. The molecule has 0 radical (unpaired) electrons. The summed E-state index contributed by atoms with van der Waals surface area (Å²) in [6.07, 6.45) is 7.03. The Hall–Kier alpha value is -1.43. The predicted molar refractivity (Wildman–Crippen MR) is 87.3 cm³/mol. The molecule has 4 aliphatic carbocycles. The average molecular weight is 334 g/mol. The molecule has 1 heterocycles. The second kappa shape index (κ2) is 5.58. The lowest BCUT2D eigenvalue weighted by Crippen LogP contribution is -2.51. The van der Waals surface area contributed by atoms with E-state index < -0.39 is 5.97 Å². The Kier molecular flexibility index (Phi) is 3.67. The SMILES string of the molecule is CCOC(=O)c1csc(NC(=O)C23CC4CC(CC(C4)C2)C3)n1. The number of aromatic nitrogens is 1. The molecule has 23 heavy (non-hydrogen) atoms. The van der Waals surface area contributed by atoms with Crippen LogP contribution in [0.1, 0.15) is 55.9 Å². The highest BCUT2D eigenvalue weighted by Crippen LogP contribution is 2.60. The van der Waals surface area contributed by atoms with Crippen LogP contribution in [-0.4, -0.2) is 23.5 Å². The highest BCUT2D eigenvalue weighted by atomic mass is 32.1. The van der Waals surface area contributed by atoms with Gasteiger partial charge in [0.05, 0.1) is 12.0 Å².